The number of fused-ring (bicyclic) bond motifs is 10. The molecular formula is C34H24F6O2SiZr. The molecule has 44 heavy (non-hydrogen) atoms. The maximum absolute atomic E-state index is 14.1. The normalized spacial score (nSPS) is 19.9. The Labute approximate surface area is 263 Å². The van der Waals surface area contributed by atoms with E-state index in [-0.39, 0.29) is 0 Å². The summed E-state index contributed by atoms with van der Waals surface area (Å²) < 4.78 is 96.7. The van der Waals surface area contributed by atoms with Crippen molar-refractivity contribution in [1.29, 1.82) is 0 Å². The van der Waals surface area contributed by atoms with Crippen LogP contribution in [-0.2, 0) is 36.5 Å². The predicted octanol–water partition coefficient (Wildman–Crippen LogP) is 9.95. The average Bonchev–Trinajstić information content (AvgIpc) is 3.56. The molecule has 1 aliphatic heterocycles. The van der Waals surface area contributed by atoms with Gasteiger partial charge in [-0.1, -0.05) is 0 Å². The van der Waals surface area contributed by atoms with Crippen LogP contribution in [-0.4, -0.2) is 8.07 Å². The standard InChI is InChI=1S/C34H26F6O2Si.Zr/c1-43(2,29-15-19-7-3-5-9-23(19)31(29)25-17-21(33(35,36)37)11-13-27(25)41)30-16-20-8-4-6-10-24(20)32(30)26-18-22(34(38,39)40)12-14-28(26)42;/h3-18,31-32,41-42H,1-2H3;/q;+2/p-2. The molecule has 0 spiro atoms. The third-order valence-corrected chi connectivity index (χ3v) is 14.1. The molecule has 0 N–H and O–H groups in total. The first-order chi connectivity index (χ1) is 20.8. The number of allylic oxidation sites excluding steroid dienone is 2. The van der Waals surface area contributed by atoms with E-state index in [0.29, 0.717) is 22.6 Å². The summed E-state index contributed by atoms with van der Waals surface area (Å²) in [6.07, 6.45) is -4.96. The van der Waals surface area contributed by atoms with Gasteiger partial charge in [0, 0.05) is 0 Å². The van der Waals surface area contributed by atoms with Gasteiger partial charge in [0.2, 0.25) is 0 Å². The van der Waals surface area contributed by atoms with E-state index in [4.69, 9.17) is 5.63 Å². The molecule has 0 amide bonds. The Morgan fingerprint density at radius 1 is 0.568 bits per heavy atom. The van der Waals surface area contributed by atoms with Crippen molar-refractivity contribution in [2.24, 2.45) is 0 Å². The Hall–Kier alpha value is -3.36. The van der Waals surface area contributed by atoms with E-state index in [1.807, 2.05) is 48.5 Å². The van der Waals surface area contributed by atoms with Crippen LogP contribution in [0.3, 0.4) is 0 Å². The quantitative estimate of drug-likeness (QED) is 0.135. The van der Waals surface area contributed by atoms with Gasteiger partial charge < -0.3 is 0 Å². The second-order valence-corrected chi connectivity index (χ2v) is 17.6. The van der Waals surface area contributed by atoms with E-state index in [1.165, 1.54) is 24.3 Å². The Balaban J connectivity index is 1.51. The van der Waals surface area contributed by atoms with Crippen molar-refractivity contribution in [3.8, 4) is 11.5 Å². The number of alkyl halides is 6. The molecule has 0 saturated carbocycles. The van der Waals surface area contributed by atoms with Crippen molar-refractivity contribution in [3.63, 3.8) is 0 Å². The molecule has 2 atom stereocenters. The molecule has 2 unspecified atom stereocenters. The summed E-state index contributed by atoms with van der Waals surface area (Å²) in [7, 11) is -2.82. The van der Waals surface area contributed by atoms with Crippen molar-refractivity contribution in [1.82, 2.24) is 0 Å². The molecule has 4 aromatic rings. The van der Waals surface area contributed by atoms with Crippen LogP contribution < -0.4 is 5.63 Å². The number of hydrogen-bond donors (Lipinski definition) is 0. The number of benzene rings is 4. The summed E-state index contributed by atoms with van der Waals surface area (Å²) in [4.78, 5) is 0. The van der Waals surface area contributed by atoms with Crippen molar-refractivity contribution in [2.45, 2.75) is 37.3 Å². The average molecular weight is 698 g/mol. The van der Waals surface area contributed by atoms with E-state index in [2.05, 4.69) is 25.2 Å². The number of halogens is 6. The van der Waals surface area contributed by atoms with Crippen LogP contribution in [0.2, 0.25) is 13.1 Å². The molecule has 0 aromatic heterocycles. The SMILES string of the molecule is C[Si]1(C)C2=Cc3ccccc3C2c2cc(C(F)(F)F)ccc2[O][Zr][O]c2ccc(C(F)(F)F)cc2C2C1=Cc1ccccc12. The van der Waals surface area contributed by atoms with Crippen LogP contribution in [0, 0.1) is 0 Å². The van der Waals surface area contributed by atoms with E-state index in [0.717, 1.165) is 44.8 Å². The summed E-state index contributed by atoms with van der Waals surface area (Å²) >= 11 is -2.29. The van der Waals surface area contributed by atoms with Crippen molar-refractivity contribution >= 4 is 20.2 Å². The van der Waals surface area contributed by atoms with Gasteiger partial charge in [-0.15, -0.1) is 0 Å². The van der Waals surface area contributed by atoms with Crippen LogP contribution in [0.25, 0.3) is 12.2 Å². The zero-order chi connectivity index (χ0) is 31.0. The maximum atomic E-state index is 14.1. The molecule has 0 radical (unpaired) electrons. The molecule has 4 aromatic carbocycles. The van der Waals surface area contributed by atoms with Gasteiger partial charge in [0.05, 0.1) is 0 Å². The van der Waals surface area contributed by atoms with Gasteiger partial charge >= 0.3 is 265 Å². The topological polar surface area (TPSA) is 18.5 Å². The molecule has 0 bridgehead atoms. The van der Waals surface area contributed by atoms with Crippen LogP contribution in [0.4, 0.5) is 26.3 Å². The van der Waals surface area contributed by atoms with Gasteiger partial charge in [-0.05, 0) is 0 Å². The molecule has 10 heteroatoms. The molecule has 1 heterocycles. The van der Waals surface area contributed by atoms with Crippen molar-refractivity contribution in [2.75, 3.05) is 0 Å². The van der Waals surface area contributed by atoms with Crippen molar-refractivity contribution in [3.05, 3.63) is 140 Å². The Kier molecular flexibility index (Phi) is 6.90. The van der Waals surface area contributed by atoms with E-state index >= 15 is 0 Å². The van der Waals surface area contributed by atoms with Gasteiger partial charge in [0.15, 0.2) is 0 Å². The second-order valence-electron chi connectivity index (χ2n) is 11.7. The van der Waals surface area contributed by atoms with Gasteiger partial charge in [-0.3, -0.25) is 0 Å². The fraction of sp³-hybridized carbons (Fsp3) is 0.176. The number of rotatable bonds is 0. The van der Waals surface area contributed by atoms with Crippen LogP contribution in [0.5, 0.6) is 11.5 Å². The summed E-state index contributed by atoms with van der Waals surface area (Å²) in [6, 6.07) is 22.4. The summed E-state index contributed by atoms with van der Waals surface area (Å²) in [5, 5.41) is 1.96. The first-order valence-corrected chi connectivity index (χ1v) is 19.0. The minimum absolute atomic E-state index is 0.302. The third-order valence-electron chi connectivity index (χ3n) is 8.90. The van der Waals surface area contributed by atoms with Crippen LogP contribution >= 0.6 is 0 Å². The van der Waals surface area contributed by atoms with E-state index in [9.17, 15) is 26.3 Å². The Bertz CT molecular complexity index is 1740. The minimum atomic E-state index is -4.56. The summed E-state index contributed by atoms with van der Waals surface area (Å²) in [6.45, 7) is 4.26. The monoisotopic (exact) mass is 696 g/mol. The summed E-state index contributed by atoms with van der Waals surface area (Å²) in [5.74, 6) is -0.432. The number of hydrogen-bond acceptors (Lipinski definition) is 2. The van der Waals surface area contributed by atoms with E-state index < -0.39 is 67.5 Å². The Morgan fingerprint density at radius 3 is 1.39 bits per heavy atom. The van der Waals surface area contributed by atoms with Crippen LogP contribution in [0.15, 0.2) is 95.3 Å². The first-order valence-electron chi connectivity index (χ1n) is 14.0. The van der Waals surface area contributed by atoms with Crippen LogP contribution in [0.1, 0.15) is 56.3 Å². The molecule has 2 nitrogen and oxygen atoms in total. The molecule has 7 rings (SSSR count). The van der Waals surface area contributed by atoms with Gasteiger partial charge in [-0.25, -0.2) is 0 Å². The molecular weight excluding hydrogens is 674 g/mol. The fourth-order valence-electron chi connectivity index (χ4n) is 6.76. The molecule has 222 valence electrons. The zero-order valence-corrected chi connectivity index (χ0v) is 26.9. The molecule has 0 fully saturated rings. The Morgan fingerprint density at radius 2 is 0.977 bits per heavy atom. The predicted molar refractivity (Wildman–Crippen MR) is 154 cm³/mol. The van der Waals surface area contributed by atoms with Gasteiger partial charge in [-0.2, -0.15) is 0 Å². The zero-order valence-electron chi connectivity index (χ0n) is 23.5. The molecule has 3 aliphatic rings. The second kappa shape index (κ2) is 10.3. The fourth-order valence-corrected chi connectivity index (χ4v) is 11.7. The molecule has 2 aliphatic carbocycles. The van der Waals surface area contributed by atoms with Gasteiger partial charge in [0.1, 0.15) is 0 Å². The van der Waals surface area contributed by atoms with Gasteiger partial charge in [0.25, 0.3) is 0 Å². The molecule has 0 saturated heterocycles. The van der Waals surface area contributed by atoms with Crippen molar-refractivity contribution < 1.29 is 56.1 Å². The van der Waals surface area contributed by atoms with E-state index in [1.54, 1.807) is 0 Å². The third kappa shape index (κ3) is 4.81. The summed E-state index contributed by atoms with van der Waals surface area (Å²) in [5.41, 5.74) is 2.88. The first kappa shape index (κ1) is 29.4.